The van der Waals surface area contributed by atoms with E-state index in [0.717, 1.165) is 10.9 Å². The fraction of sp³-hybridized carbons (Fsp3) is 0.133. The average molecular weight is 360 g/mol. The molecule has 0 bridgehead atoms. The summed E-state index contributed by atoms with van der Waals surface area (Å²) in [4.78, 5) is 46.8. The first-order valence-electron chi connectivity index (χ1n) is 7.15. The van der Waals surface area contributed by atoms with Crippen LogP contribution in [0.3, 0.4) is 0 Å². The SMILES string of the molecule is CCOC(=O)c1ccc2nc(N=Cc3c(O)[nH]c(=O)[nH]c3=O)sc2c1. The number of nitrogens with one attached hydrogen (secondary N) is 2. The van der Waals surface area contributed by atoms with E-state index in [-0.39, 0.29) is 12.2 Å². The maximum absolute atomic E-state index is 11.7. The van der Waals surface area contributed by atoms with Crippen LogP contribution >= 0.6 is 11.3 Å². The quantitative estimate of drug-likeness (QED) is 0.474. The number of carbonyl (C=O) groups excluding carboxylic acids is 1. The number of hydrogen-bond donors (Lipinski definition) is 3. The molecule has 0 saturated carbocycles. The third-order valence-electron chi connectivity index (χ3n) is 3.15. The van der Waals surface area contributed by atoms with Gasteiger partial charge in [0.1, 0.15) is 5.56 Å². The Hall–Kier alpha value is -3.27. The number of fused-ring (bicyclic) bond motifs is 1. The Morgan fingerprint density at radius 1 is 1.40 bits per heavy atom. The largest absolute Gasteiger partial charge is 0.494 e. The number of carbonyl (C=O) groups is 1. The van der Waals surface area contributed by atoms with E-state index >= 15 is 0 Å². The Morgan fingerprint density at radius 2 is 2.20 bits per heavy atom. The van der Waals surface area contributed by atoms with Crippen molar-refractivity contribution in [2.75, 3.05) is 6.61 Å². The highest BCUT2D eigenvalue weighted by Gasteiger charge is 2.10. The number of nitrogens with zero attached hydrogens (tertiary/aromatic N) is 2. The third-order valence-corrected chi connectivity index (χ3v) is 4.08. The lowest BCUT2D eigenvalue weighted by Gasteiger charge is -2.00. The zero-order valence-corrected chi connectivity index (χ0v) is 13.7. The van der Waals surface area contributed by atoms with Crippen LogP contribution in [-0.4, -0.2) is 38.8 Å². The van der Waals surface area contributed by atoms with Crippen molar-refractivity contribution in [2.24, 2.45) is 4.99 Å². The molecule has 0 atom stereocenters. The summed E-state index contributed by atoms with van der Waals surface area (Å²) in [6, 6.07) is 4.92. The van der Waals surface area contributed by atoms with Crippen molar-refractivity contribution in [3.63, 3.8) is 0 Å². The van der Waals surface area contributed by atoms with Gasteiger partial charge in [0.2, 0.25) is 11.0 Å². The van der Waals surface area contributed by atoms with Crippen molar-refractivity contribution in [2.45, 2.75) is 6.92 Å². The molecule has 3 rings (SSSR count). The van der Waals surface area contributed by atoms with E-state index in [1.54, 1.807) is 25.1 Å². The molecule has 0 amide bonds. The molecule has 10 heteroatoms. The minimum absolute atomic E-state index is 0.189. The van der Waals surface area contributed by atoms with Gasteiger partial charge in [0.25, 0.3) is 5.56 Å². The third kappa shape index (κ3) is 3.48. The van der Waals surface area contributed by atoms with Gasteiger partial charge in [0.05, 0.1) is 22.4 Å². The molecular weight excluding hydrogens is 348 g/mol. The van der Waals surface area contributed by atoms with E-state index in [1.165, 1.54) is 11.3 Å². The van der Waals surface area contributed by atoms with Crippen LogP contribution in [0.4, 0.5) is 5.13 Å². The van der Waals surface area contributed by atoms with Crippen LogP contribution in [0.15, 0.2) is 32.8 Å². The minimum Gasteiger partial charge on any atom is -0.494 e. The van der Waals surface area contributed by atoms with Crippen LogP contribution in [0.5, 0.6) is 5.88 Å². The monoisotopic (exact) mass is 360 g/mol. The van der Waals surface area contributed by atoms with Gasteiger partial charge in [-0.05, 0) is 25.1 Å². The minimum atomic E-state index is -0.814. The van der Waals surface area contributed by atoms with Gasteiger partial charge in [-0.2, -0.15) is 0 Å². The first kappa shape index (κ1) is 16.6. The summed E-state index contributed by atoms with van der Waals surface area (Å²) in [5.74, 6) is -1.00. The lowest BCUT2D eigenvalue weighted by atomic mass is 10.2. The van der Waals surface area contributed by atoms with Gasteiger partial charge in [-0.3, -0.25) is 14.8 Å². The maximum Gasteiger partial charge on any atom is 0.338 e. The highest BCUT2D eigenvalue weighted by molar-refractivity contribution is 7.22. The number of aromatic nitrogens is 3. The van der Waals surface area contributed by atoms with Gasteiger partial charge in [-0.15, -0.1) is 0 Å². The second-order valence-electron chi connectivity index (χ2n) is 4.83. The molecule has 25 heavy (non-hydrogen) atoms. The molecule has 128 valence electrons. The van der Waals surface area contributed by atoms with Gasteiger partial charge in [-0.1, -0.05) is 11.3 Å². The van der Waals surface area contributed by atoms with Crippen LogP contribution in [0, 0.1) is 0 Å². The van der Waals surface area contributed by atoms with Gasteiger partial charge in [0, 0.05) is 6.21 Å². The second-order valence-corrected chi connectivity index (χ2v) is 5.84. The smallest absolute Gasteiger partial charge is 0.338 e. The number of aromatic amines is 2. The Balaban J connectivity index is 1.94. The molecule has 1 aromatic carbocycles. The number of rotatable bonds is 4. The van der Waals surface area contributed by atoms with Crippen molar-refractivity contribution in [1.82, 2.24) is 15.0 Å². The Bertz CT molecular complexity index is 1100. The first-order chi connectivity index (χ1) is 12.0. The molecule has 0 fully saturated rings. The highest BCUT2D eigenvalue weighted by atomic mass is 32.1. The summed E-state index contributed by atoms with van der Waals surface area (Å²) in [6.07, 6.45) is 1.11. The van der Waals surface area contributed by atoms with Crippen molar-refractivity contribution in [1.29, 1.82) is 0 Å². The summed E-state index contributed by atoms with van der Waals surface area (Å²) in [5.41, 5.74) is -0.735. The van der Waals surface area contributed by atoms with Crippen LogP contribution in [0.2, 0.25) is 0 Å². The van der Waals surface area contributed by atoms with Crippen LogP contribution in [-0.2, 0) is 4.74 Å². The summed E-state index contributed by atoms with van der Waals surface area (Å²) < 4.78 is 5.67. The van der Waals surface area contributed by atoms with E-state index in [0.29, 0.717) is 16.2 Å². The lowest BCUT2D eigenvalue weighted by Crippen LogP contribution is -2.24. The molecule has 0 unspecified atom stereocenters. The number of ether oxygens (including phenoxy) is 1. The number of aromatic hydroxyl groups is 1. The molecule has 3 aromatic rings. The zero-order valence-electron chi connectivity index (χ0n) is 12.9. The topological polar surface area (TPSA) is 137 Å². The standard InChI is InChI=1S/C15H12N4O5S/c1-2-24-13(22)7-3-4-9-10(5-7)25-15(17-9)16-6-8-11(20)18-14(23)19-12(8)21/h3-6H,2H2,1H3,(H3,18,19,20,21,23). The average Bonchev–Trinajstić information content (AvgIpc) is 2.95. The summed E-state index contributed by atoms with van der Waals surface area (Å²) in [7, 11) is 0. The molecule has 0 spiro atoms. The molecule has 0 aliphatic rings. The van der Waals surface area contributed by atoms with Gasteiger partial charge < -0.3 is 9.84 Å². The van der Waals surface area contributed by atoms with Crippen molar-refractivity contribution in [3.8, 4) is 5.88 Å². The van der Waals surface area contributed by atoms with E-state index in [9.17, 15) is 19.5 Å². The first-order valence-corrected chi connectivity index (χ1v) is 7.97. The molecule has 9 nitrogen and oxygen atoms in total. The summed E-state index contributed by atoms with van der Waals surface area (Å²) in [6.45, 7) is 2.01. The Morgan fingerprint density at radius 3 is 2.92 bits per heavy atom. The van der Waals surface area contributed by atoms with E-state index in [2.05, 4.69) is 15.0 Å². The zero-order chi connectivity index (χ0) is 18.0. The second kappa shape index (κ2) is 6.69. The predicted octanol–water partition coefficient (Wildman–Crippen LogP) is 1.31. The number of benzene rings is 1. The number of aliphatic imine (C=N–C) groups is 1. The van der Waals surface area contributed by atoms with Crippen molar-refractivity contribution in [3.05, 3.63) is 50.2 Å². The summed E-state index contributed by atoms with van der Waals surface area (Å²) in [5, 5.41) is 9.92. The fourth-order valence-corrected chi connectivity index (χ4v) is 2.88. The molecule has 3 N–H and O–H groups in total. The normalized spacial score (nSPS) is 11.2. The fourth-order valence-electron chi connectivity index (χ4n) is 2.03. The summed E-state index contributed by atoms with van der Waals surface area (Å²) >= 11 is 1.20. The number of hydrogen-bond acceptors (Lipinski definition) is 8. The molecule has 0 radical (unpaired) electrons. The van der Waals surface area contributed by atoms with Crippen molar-refractivity contribution < 1.29 is 14.6 Å². The number of thiazole rings is 1. The van der Waals surface area contributed by atoms with Crippen LogP contribution < -0.4 is 11.2 Å². The van der Waals surface area contributed by atoms with E-state index in [1.807, 2.05) is 4.98 Å². The van der Waals surface area contributed by atoms with Crippen molar-refractivity contribution >= 4 is 38.9 Å². The highest BCUT2D eigenvalue weighted by Crippen LogP contribution is 2.29. The molecule has 2 aromatic heterocycles. The molecular formula is C15H12N4O5S. The van der Waals surface area contributed by atoms with Gasteiger partial charge >= 0.3 is 11.7 Å². The number of esters is 1. The molecule has 0 saturated heterocycles. The lowest BCUT2D eigenvalue weighted by molar-refractivity contribution is 0.0526. The van der Waals surface area contributed by atoms with Gasteiger partial charge in [-0.25, -0.2) is 19.6 Å². The number of H-pyrrole nitrogens is 2. The molecule has 0 aliphatic carbocycles. The Labute approximate surface area is 143 Å². The Kier molecular flexibility index (Phi) is 4.44. The molecule has 2 heterocycles. The van der Waals surface area contributed by atoms with Gasteiger partial charge in [0.15, 0.2) is 0 Å². The van der Waals surface area contributed by atoms with Crippen LogP contribution in [0.1, 0.15) is 22.8 Å². The predicted molar refractivity (Wildman–Crippen MR) is 92.2 cm³/mol. The molecule has 0 aliphatic heterocycles. The van der Waals surface area contributed by atoms with E-state index < -0.39 is 23.1 Å². The van der Waals surface area contributed by atoms with Crippen LogP contribution in [0.25, 0.3) is 10.2 Å². The van der Waals surface area contributed by atoms with E-state index in [4.69, 9.17) is 4.74 Å². The maximum atomic E-state index is 11.7.